The Bertz CT molecular complexity index is 1680. The van der Waals surface area contributed by atoms with Crippen LogP contribution < -0.4 is 4.74 Å². The van der Waals surface area contributed by atoms with E-state index in [-0.39, 0.29) is 11.4 Å². The minimum atomic E-state index is -0.444. The zero-order chi connectivity index (χ0) is 26.9. The number of hydrazone groups is 1. The molecule has 0 unspecified atom stereocenters. The molecule has 194 valence electrons. The number of hydrogen-bond acceptors (Lipinski definition) is 6. The summed E-state index contributed by atoms with van der Waals surface area (Å²) in [5.74, 6) is 0.453. The fourth-order valence-corrected chi connectivity index (χ4v) is 5.65. The van der Waals surface area contributed by atoms with Crippen LogP contribution in [-0.2, 0) is 11.3 Å². The van der Waals surface area contributed by atoms with Crippen molar-refractivity contribution < 1.29 is 9.53 Å². The van der Waals surface area contributed by atoms with E-state index in [2.05, 4.69) is 57.8 Å². The highest BCUT2D eigenvalue weighted by Gasteiger charge is 2.36. The highest BCUT2D eigenvalue weighted by atomic mass is 32.2. The molecule has 2 aromatic heterocycles. The molecule has 0 bridgehead atoms. The Labute approximate surface area is 230 Å². The fourth-order valence-electron chi connectivity index (χ4n) is 4.77. The molecule has 4 aromatic rings. The number of nitrogens with one attached hydrogen (secondary N) is 1. The number of fused-ring (bicyclic) bond motifs is 2. The maximum atomic E-state index is 13.0. The second kappa shape index (κ2) is 10.3. The predicted octanol–water partition coefficient (Wildman–Crippen LogP) is 5.79. The Morgan fingerprint density at radius 1 is 1.08 bits per heavy atom. The van der Waals surface area contributed by atoms with Gasteiger partial charge in [0.1, 0.15) is 10.8 Å². The second-order valence-corrected chi connectivity index (χ2v) is 10.4. The van der Waals surface area contributed by atoms with Crippen LogP contribution in [0.2, 0.25) is 0 Å². The molecule has 9 heteroatoms. The number of hydrogen-bond donors (Lipinski definition) is 1. The Hall–Kier alpha value is -4.50. The first-order valence-corrected chi connectivity index (χ1v) is 13.5. The van der Waals surface area contributed by atoms with Crippen LogP contribution in [0.4, 0.5) is 0 Å². The largest absolute Gasteiger partial charge is 0.494 e. The first-order valence-electron chi connectivity index (χ1n) is 12.7. The number of amides is 1. The minimum absolute atomic E-state index is 0.00932. The molecule has 1 amide bonds. The van der Waals surface area contributed by atoms with Crippen molar-refractivity contribution >= 4 is 50.7 Å². The number of rotatable bonds is 7. The van der Waals surface area contributed by atoms with Crippen LogP contribution in [0.15, 0.2) is 88.9 Å². The third-order valence-electron chi connectivity index (χ3n) is 6.49. The molecule has 0 atom stereocenters. The monoisotopic (exact) mass is 534 g/mol. The molecule has 8 nitrogen and oxygen atoms in total. The molecular formula is C30H26N6O2S. The van der Waals surface area contributed by atoms with Gasteiger partial charge in [0, 0.05) is 47.2 Å². The molecule has 0 spiro atoms. The van der Waals surface area contributed by atoms with Crippen molar-refractivity contribution in [3.8, 4) is 5.75 Å². The van der Waals surface area contributed by atoms with E-state index >= 15 is 0 Å². The summed E-state index contributed by atoms with van der Waals surface area (Å²) in [5, 5.41) is 16.8. The summed E-state index contributed by atoms with van der Waals surface area (Å²) in [7, 11) is 0. The van der Waals surface area contributed by atoms with Crippen LogP contribution in [0, 0.1) is 19.3 Å². The van der Waals surface area contributed by atoms with E-state index in [0.717, 1.165) is 40.7 Å². The topological polar surface area (TPSA) is 95.9 Å². The number of carbonyl (C=O) groups is 1. The van der Waals surface area contributed by atoms with Gasteiger partial charge < -0.3 is 9.30 Å². The Kier molecular flexibility index (Phi) is 6.58. The standard InChI is InChI=1S/C30H26N6O2S/c1-19-13-20(2)15-23(14-19)38-12-6-11-35-18-22(24-8-3-4-9-26(24)35)16-25-27(31)36-30(33-28(25)37)39-29(34-36)21-7-5-10-32-17-21/h3-5,7-10,13-18,31H,6,11-12H2,1-2H3. The van der Waals surface area contributed by atoms with Crippen molar-refractivity contribution in [2.45, 2.75) is 26.8 Å². The molecule has 39 heavy (non-hydrogen) atoms. The number of pyridine rings is 1. The van der Waals surface area contributed by atoms with Crippen LogP contribution in [0.5, 0.6) is 5.75 Å². The van der Waals surface area contributed by atoms with E-state index in [1.54, 1.807) is 18.5 Å². The van der Waals surface area contributed by atoms with Gasteiger partial charge in [-0.3, -0.25) is 15.2 Å². The van der Waals surface area contributed by atoms with E-state index in [4.69, 9.17) is 10.1 Å². The molecule has 0 aliphatic carbocycles. The van der Waals surface area contributed by atoms with E-state index in [1.165, 1.54) is 27.9 Å². The highest BCUT2D eigenvalue weighted by molar-refractivity contribution is 8.27. The Morgan fingerprint density at radius 3 is 2.69 bits per heavy atom. The smallest absolute Gasteiger partial charge is 0.283 e. The summed E-state index contributed by atoms with van der Waals surface area (Å²) in [6.07, 6.45) is 7.99. The number of ether oxygens (including phenoxy) is 1. The number of nitrogens with zero attached hydrogens (tertiary/aromatic N) is 5. The second-order valence-electron chi connectivity index (χ2n) is 9.49. The van der Waals surface area contributed by atoms with Crippen LogP contribution in [0.1, 0.15) is 28.7 Å². The molecule has 1 N–H and O–H groups in total. The summed E-state index contributed by atoms with van der Waals surface area (Å²) in [6.45, 7) is 5.48. The van der Waals surface area contributed by atoms with Crippen LogP contribution in [0.3, 0.4) is 0 Å². The quantitative estimate of drug-likeness (QED) is 0.239. The van der Waals surface area contributed by atoms with Crippen LogP contribution in [-0.4, -0.2) is 43.1 Å². The molecular weight excluding hydrogens is 508 g/mol. The van der Waals surface area contributed by atoms with Gasteiger partial charge in [-0.1, -0.05) is 24.3 Å². The van der Waals surface area contributed by atoms with Crippen molar-refractivity contribution in [3.63, 3.8) is 0 Å². The first kappa shape index (κ1) is 24.8. The van der Waals surface area contributed by atoms with Crippen molar-refractivity contribution in [1.82, 2.24) is 14.6 Å². The molecule has 0 radical (unpaired) electrons. The molecule has 4 heterocycles. The van der Waals surface area contributed by atoms with Crippen LogP contribution in [0.25, 0.3) is 17.0 Å². The maximum absolute atomic E-state index is 13.0. The van der Waals surface area contributed by atoms with Crippen molar-refractivity contribution in [1.29, 1.82) is 5.41 Å². The summed E-state index contributed by atoms with van der Waals surface area (Å²) in [4.78, 5) is 21.4. The van der Waals surface area contributed by atoms with Gasteiger partial charge in [-0.25, -0.2) is 0 Å². The minimum Gasteiger partial charge on any atom is -0.494 e. The number of para-hydroxylation sites is 1. The van der Waals surface area contributed by atoms with Gasteiger partial charge in [0.05, 0.1) is 12.2 Å². The number of aliphatic imine (C=N–C) groups is 1. The van der Waals surface area contributed by atoms with Crippen molar-refractivity contribution in [2.75, 3.05) is 6.61 Å². The number of thioether (sulfide) groups is 1. The molecule has 0 fully saturated rings. The SMILES string of the molecule is Cc1cc(C)cc(OCCCn2cc(C=C3C(=N)N4N=C(c5cccnc5)SC4=NC3=O)c3ccccc32)c1. The Morgan fingerprint density at radius 2 is 1.90 bits per heavy atom. The van der Waals surface area contributed by atoms with E-state index in [9.17, 15) is 4.79 Å². The van der Waals surface area contributed by atoms with E-state index in [1.807, 2.05) is 36.5 Å². The molecule has 6 rings (SSSR count). The van der Waals surface area contributed by atoms with Crippen molar-refractivity contribution in [3.05, 3.63) is 101 Å². The van der Waals surface area contributed by atoms with E-state index < -0.39 is 5.91 Å². The molecule has 0 saturated carbocycles. The molecule has 0 saturated heterocycles. The average molecular weight is 535 g/mol. The lowest BCUT2D eigenvalue weighted by atomic mass is 10.1. The number of aryl methyl sites for hydroxylation is 3. The molecule has 2 aromatic carbocycles. The lowest BCUT2D eigenvalue weighted by Crippen LogP contribution is -2.35. The summed E-state index contributed by atoms with van der Waals surface area (Å²) >= 11 is 1.26. The normalized spacial score (nSPS) is 16.1. The predicted molar refractivity (Wildman–Crippen MR) is 156 cm³/mol. The Balaban J connectivity index is 1.23. The van der Waals surface area contributed by atoms with Gasteiger partial charge in [0.15, 0.2) is 5.84 Å². The van der Waals surface area contributed by atoms with Gasteiger partial charge in [0.2, 0.25) is 5.17 Å². The summed E-state index contributed by atoms with van der Waals surface area (Å²) < 4.78 is 8.17. The van der Waals surface area contributed by atoms with Gasteiger partial charge in [-0.15, -0.1) is 0 Å². The molecule has 2 aliphatic rings. The van der Waals surface area contributed by atoms with Crippen molar-refractivity contribution in [2.24, 2.45) is 10.1 Å². The van der Waals surface area contributed by atoms with Crippen LogP contribution >= 0.6 is 11.8 Å². The lowest BCUT2D eigenvalue weighted by molar-refractivity contribution is -0.114. The first-order chi connectivity index (χ1) is 19.0. The number of carbonyl (C=O) groups excluding carboxylic acids is 1. The highest BCUT2D eigenvalue weighted by Crippen LogP contribution is 2.32. The van der Waals surface area contributed by atoms with Gasteiger partial charge >= 0.3 is 0 Å². The third-order valence-corrected chi connectivity index (χ3v) is 7.45. The average Bonchev–Trinajstić information content (AvgIpc) is 3.51. The number of benzene rings is 2. The third kappa shape index (κ3) is 5.00. The lowest BCUT2D eigenvalue weighted by Gasteiger charge is -2.20. The maximum Gasteiger partial charge on any atom is 0.283 e. The summed E-state index contributed by atoms with van der Waals surface area (Å²) in [5.41, 5.74) is 5.31. The van der Waals surface area contributed by atoms with Gasteiger partial charge in [0.25, 0.3) is 5.91 Å². The number of aromatic nitrogens is 2. The zero-order valence-electron chi connectivity index (χ0n) is 21.6. The number of amidine groups is 2. The molecule has 2 aliphatic heterocycles. The van der Waals surface area contributed by atoms with Gasteiger partial charge in [-0.05, 0) is 79.6 Å². The zero-order valence-corrected chi connectivity index (χ0v) is 22.4. The van der Waals surface area contributed by atoms with E-state index in [0.29, 0.717) is 16.8 Å². The summed E-state index contributed by atoms with van der Waals surface area (Å²) in [6, 6.07) is 18.0. The fraction of sp³-hybridized carbons (Fsp3) is 0.167. The van der Waals surface area contributed by atoms with Gasteiger partial charge in [-0.2, -0.15) is 15.1 Å².